The average Bonchev–Trinajstić information content (AvgIpc) is 2.77. The summed E-state index contributed by atoms with van der Waals surface area (Å²) in [6, 6.07) is 20.2. The lowest BCUT2D eigenvalue weighted by atomic mass is 10.0. The Hall–Kier alpha value is -2.89. The molecule has 0 saturated heterocycles. The topological polar surface area (TPSA) is 52.5 Å². The van der Waals surface area contributed by atoms with Crippen LogP contribution in [0.3, 0.4) is 0 Å². The number of hydrogen-bond acceptors (Lipinski definition) is 4. The average molecular weight is 392 g/mol. The third-order valence-electron chi connectivity index (χ3n) is 5.01. The zero-order valence-electron chi connectivity index (χ0n) is 17.2. The van der Waals surface area contributed by atoms with Gasteiger partial charge in [-0.15, -0.1) is 0 Å². The molecule has 0 aliphatic rings. The molecule has 0 saturated carbocycles. The zero-order valence-corrected chi connectivity index (χ0v) is 17.2. The Balaban J connectivity index is 1.83. The summed E-state index contributed by atoms with van der Waals surface area (Å²) in [5.41, 5.74) is 4.27. The van der Waals surface area contributed by atoms with Gasteiger partial charge in [0.1, 0.15) is 5.75 Å². The van der Waals surface area contributed by atoms with Crippen LogP contribution in [-0.4, -0.2) is 25.4 Å². The van der Waals surface area contributed by atoms with E-state index in [1.54, 1.807) is 24.9 Å². The molecule has 0 spiro atoms. The molecule has 0 aliphatic heterocycles. The molecule has 152 valence electrons. The fraction of sp³-hybridized carbons (Fsp3) is 0.292. The van der Waals surface area contributed by atoms with Crippen molar-refractivity contribution in [2.45, 2.75) is 26.1 Å². The number of rotatable bonds is 9. The van der Waals surface area contributed by atoms with Gasteiger partial charge in [0.05, 0.1) is 13.7 Å². The van der Waals surface area contributed by atoms with Gasteiger partial charge >= 0.3 is 0 Å². The van der Waals surface area contributed by atoms with Crippen LogP contribution in [0.15, 0.2) is 71.7 Å². The Morgan fingerprint density at radius 3 is 2.55 bits per heavy atom. The standard InChI is InChI=1S/C24H28N2O3/c1-18(20-7-5-4-6-8-20)25-16-19-9-11-23(29-3)22(15-19)21-10-12-24(27)26(17-21)13-14-28-2/h4-12,15,17-18,25H,13-14,16H2,1-3H3/t18-/m1/s1. The summed E-state index contributed by atoms with van der Waals surface area (Å²) < 4.78 is 12.3. The Labute approximate surface area is 171 Å². The number of ether oxygens (including phenoxy) is 2. The number of nitrogens with zero attached hydrogens (tertiary/aromatic N) is 1. The lowest BCUT2D eigenvalue weighted by molar-refractivity contribution is 0.186. The van der Waals surface area contributed by atoms with Crippen molar-refractivity contribution in [2.75, 3.05) is 20.8 Å². The van der Waals surface area contributed by atoms with Crippen molar-refractivity contribution in [3.8, 4) is 16.9 Å². The van der Waals surface area contributed by atoms with Crippen LogP contribution in [0.1, 0.15) is 24.1 Å². The van der Waals surface area contributed by atoms with Crippen LogP contribution in [0.25, 0.3) is 11.1 Å². The first-order valence-corrected chi connectivity index (χ1v) is 9.77. The van der Waals surface area contributed by atoms with Crippen molar-refractivity contribution in [3.05, 3.63) is 88.3 Å². The maximum absolute atomic E-state index is 12.1. The molecule has 0 bridgehead atoms. The quantitative estimate of drug-likeness (QED) is 0.598. The summed E-state index contributed by atoms with van der Waals surface area (Å²) in [4.78, 5) is 12.1. The number of hydrogen-bond donors (Lipinski definition) is 1. The maximum Gasteiger partial charge on any atom is 0.250 e. The van der Waals surface area contributed by atoms with Crippen LogP contribution in [0.2, 0.25) is 0 Å². The fourth-order valence-corrected chi connectivity index (χ4v) is 3.28. The molecule has 0 fully saturated rings. The monoisotopic (exact) mass is 392 g/mol. The van der Waals surface area contributed by atoms with Crippen molar-refractivity contribution in [2.24, 2.45) is 0 Å². The van der Waals surface area contributed by atoms with E-state index in [0.717, 1.165) is 29.0 Å². The first-order chi connectivity index (χ1) is 14.1. The highest BCUT2D eigenvalue weighted by molar-refractivity contribution is 5.70. The van der Waals surface area contributed by atoms with E-state index in [-0.39, 0.29) is 11.6 Å². The molecule has 0 amide bonds. The van der Waals surface area contributed by atoms with E-state index in [9.17, 15) is 4.79 Å². The fourth-order valence-electron chi connectivity index (χ4n) is 3.28. The summed E-state index contributed by atoms with van der Waals surface area (Å²) >= 11 is 0. The second kappa shape index (κ2) is 10.0. The smallest absolute Gasteiger partial charge is 0.250 e. The van der Waals surface area contributed by atoms with E-state index in [1.165, 1.54) is 5.56 Å². The van der Waals surface area contributed by atoms with Crippen molar-refractivity contribution < 1.29 is 9.47 Å². The third kappa shape index (κ3) is 5.34. The van der Waals surface area contributed by atoms with Gasteiger partial charge in [0.25, 0.3) is 5.56 Å². The lowest BCUT2D eigenvalue weighted by Gasteiger charge is -2.16. The Bertz CT molecular complexity index is 983. The molecule has 1 heterocycles. The first kappa shape index (κ1) is 20.8. The van der Waals surface area contributed by atoms with Crippen LogP contribution in [0.5, 0.6) is 5.75 Å². The molecular weight excluding hydrogens is 364 g/mol. The molecule has 5 heteroatoms. The minimum Gasteiger partial charge on any atom is -0.496 e. The summed E-state index contributed by atoms with van der Waals surface area (Å²) in [5, 5.41) is 3.57. The number of aromatic nitrogens is 1. The maximum atomic E-state index is 12.1. The number of nitrogens with one attached hydrogen (secondary N) is 1. The molecule has 1 N–H and O–H groups in total. The van der Waals surface area contributed by atoms with Crippen LogP contribution in [0, 0.1) is 0 Å². The molecule has 2 aromatic carbocycles. The highest BCUT2D eigenvalue weighted by Crippen LogP contribution is 2.30. The van der Waals surface area contributed by atoms with Gasteiger partial charge in [0.2, 0.25) is 0 Å². The van der Waals surface area contributed by atoms with Crippen molar-refractivity contribution >= 4 is 0 Å². The van der Waals surface area contributed by atoms with E-state index >= 15 is 0 Å². The summed E-state index contributed by atoms with van der Waals surface area (Å²) in [5.74, 6) is 0.779. The van der Waals surface area contributed by atoms with Gasteiger partial charge in [0, 0.05) is 49.6 Å². The number of benzene rings is 2. The number of methoxy groups -OCH3 is 2. The second-order valence-electron chi connectivity index (χ2n) is 6.99. The van der Waals surface area contributed by atoms with Gasteiger partial charge < -0.3 is 19.4 Å². The minimum atomic E-state index is -0.0423. The van der Waals surface area contributed by atoms with Gasteiger partial charge in [-0.25, -0.2) is 0 Å². The third-order valence-corrected chi connectivity index (χ3v) is 5.01. The molecular formula is C24H28N2O3. The van der Waals surface area contributed by atoms with Gasteiger partial charge in [0.15, 0.2) is 0 Å². The summed E-state index contributed by atoms with van der Waals surface area (Å²) in [7, 11) is 3.29. The SMILES string of the molecule is COCCn1cc(-c2cc(CN[C@H](C)c3ccccc3)ccc2OC)ccc1=O. The van der Waals surface area contributed by atoms with Crippen LogP contribution in [0.4, 0.5) is 0 Å². The minimum absolute atomic E-state index is 0.0423. The van der Waals surface area contributed by atoms with Gasteiger partial charge in [-0.05, 0) is 36.2 Å². The molecule has 29 heavy (non-hydrogen) atoms. The Morgan fingerprint density at radius 2 is 1.83 bits per heavy atom. The van der Waals surface area contributed by atoms with E-state index < -0.39 is 0 Å². The molecule has 0 aliphatic carbocycles. The molecule has 0 radical (unpaired) electrons. The Kier molecular flexibility index (Phi) is 7.22. The molecule has 3 rings (SSSR count). The van der Waals surface area contributed by atoms with Crippen molar-refractivity contribution in [3.63, 3.8) is 0 Å². The largest absolute Gasteiger partial charge is 0.496 e. The Morgan fingerprint density at radius 1 is 1.03 bits per heavy atom. The van der Waals surface area contributed by atoms with Crippen molar-refractivity contribution in [1.29, 1.82) is 0 Å². The van der Waals surface area contributed by atoms with Crippen LogP contribution >= 0.6 is 0 Å². The van der Waals surface area contributed by atoms with E-state index in [1.807, 2.05) is 24.4 Å². The normalized spacial score (nSPS) is 12.0. The lowest BCUT2D eigenvalue weighted by Crippen LogP contribution is -2.20. The molecule has 3 aromatic rings. The molecule has 5 nitrogen and oxygen atoms in total. The highest BCUT2D eigenvalue weighted by Gasteiger charge is 2.10. The highest BCUT2D eigenvalue weighted by atomic mass is 16.5. The zero-order chi connectivity index (χ0) is 20.6. The van der Waals surface area contributed by atoms with Gasteiger partial charge in [-0.1, -0.05) is 36.4 Å². The van der Waals surface area contributed by atoms with E-state index in [0.29, 0.717) is 13.2 Å². The number of pyridine rings is 1. The molecule has 1 atom stereocenters. The molecule has 1 aromatic heterocycles. The van der Waals surface area contributed by atoms with Gasteiger partial charge in [-0.2, -0.15) is 0 Å². The predicted octanol–water partition coefficient (Wildman–Crippen LogP) is 4.02. The first-order valence-electron chi connectivity index (χ1n) is 9.77. The van der Waals surface area contributed by atoms with E-state index in [2.05, 4.69) is 48.6 Å². The second-order valence-corrected chi connectivity index (χ2v) is 6.99. The van der Waals surface area contributed by atoms with E-state index in [4.69, 9.17) is 9.47 Å². The van der Waals surface area contributed by atoms with Crippen LogP contribution in [-0.2, 0) is 17.8 Å². The van der Waals surface area contributed by atoms with Crippen LogP contribution < -0.4 is 15.6 Å². The summed E-state index contributed by atoms with van der Waals surface area (Å²) in [6.45, 7) is 3.89. The van der Waals surface area contributed by atoms with Crippen molar-refractivity contribution in [1.82, 2.24) is 9.88 Å². The molecule has 0 unspecified atom stereocenters. The predicted molar refractivity (Wildman–Crippen MR) is 116 cm³/mol. The van der Waals surface area contributed by atoms with Gasteiger partial charge in [-0.3, -0.25) is 4.79 Å². The summed E-state index contributed by atoms with van der Waals surface area (Å²) in [6.07, 6.45) is 1.86.